The second kappa shape index (κ2) is 4.70. The molecule has 0 saturated carbocycles. The molecule has 0 aliphatic carbocycles. The van der Waals surface area contributed by atoms with Crippen LogP contribution in [-0.4, -0.2) is 28.2 Å². The zero-order valence-corrected chi connectivity index (χ0v) is 9.51. The summed E-state index contributed by atoms with van der Waals surface area (Å²) in [5.41, 5.74) is 0.210. The largest absolute Gasteiger partial charge is 0.508 e. The molecule has 92 valence electrons. The Kier molecular flexibility index (Phi) is 3.09. The number of hydrogen-bond acceptors (Lipinski definition) is 5. The molecule has 1 aromatic carbocycles. The van der Waals surface area contributed by atoms with E-state index in [9.17, 15) is 9.59 Å². The molecule has 2 rings (SSSR count). The predicted octanol–water partition coefficient (Wildman–Crippen LogP) is 0.929. The van der Waals surface area contributed by atoms with Gasteiger partial charge in [0.1, 0.15) is 17.1 Å². The Morgan fingerprint density at radius 1 is 1.33 bits per heavy atom. The van der Waals surface area contributed by atoms with Gasteiger partial charge in [0.25, 0.3) is 5.56 Å². The summed E-state index contributed by atoms with van der Waals surface area (Å²) in [6.07, 6.45) is 1.23. The van der Waals surface area contributed by atoms with Crippen molar-refractivity contribution in [3.05, 3.63) is 46.5 Å². The van der Waals surface area contributed by atoms with Gasteiger partial charge in [0.05, 0.1) is 13.3 Å². The molecule has 0 fully saturated rings. The van der Waals surface area contributed by atoms with Crippen LogP contribution in [0.15, 0.2) is 35.3 Å². The van der Waals surface area contributed by atoms with Crippen molar-refractivity contribution in [3.8, 4) is 17.0 Å². The molecule has 6 heteroatoms. The average Bonchev–Trinajstić information content (AvgIpc) is 2.39. The monoisotopic (exact) mass is 246 g/mol. The van der Waals surface area contributed by atoms with E-state index >= 15 is 0 Å². The fraction of sp³-hybridized carbons (Fsp3) is 0.0833. The number of rotatable bonds is 2. The summed E-state index contributed by atoms with van der Waals surface area (Å²) >= 11 is 0. The number of aromatic nitrogens is 2. The summed E-state index contributed by atoms with van der Waals surface area (Å²) < 4.78 is 4.47. The van der Waals surface area contributed by atoms with Gasteiger partial charge in [-0.25, -0.2) is 9.78 Å². The molecule has 0 unspecified atom stereocenters. The average molecular weight is 246 g/mol. The van der Waals surface area contributed by atoms with Crippen LogP contribution in [0.25, 0.3) is 11.3 Å². The van der Waals surface area contributed by atoms with E-state index in [1.807, 2.05) is 0 Å². The predicted molar refractivity (Wildman–Crippen MR) is 63.3 cm³/mol. The van der Waals surface area contributed by atoms with E-state index in [2.05, 4.69) is 14.7 Å². The molecule has 2 aromatic rings. The summed E-state index contributed by atoms with van der Waals surface area (Å²) in [5, 5.41) is 9.15. The topological polar surface area (TPSA) is 92.3 Å². The lowest BCUT2D eigenvalue weighted by Gasteiger charge is -2.02. The highest BCUT2D eigenvalue weighted by molar-refractivity contribution is 5.86. The summed E-state index contributed by atoms with van der Waals surface area (Å²) in [7, 11) is 1.22. The highest BCUT2D eigenvalue weighted by Crippen LogP contribution is 2.16. The summed E-state index contributed by atoms with van der Waals surface area (Å²) in [6.45, 7) is 0. The minimum Gasteiger partial charge on any atom is -0.508 e. The highest BCUT2D eigenvalue weighted by atomic mass is 16.5. The van der Waals surface area contributed by atoms with E-state index in [1.54, 1.807) is 12.1 Å². The van der Waals surface area contributed by atoms with Gasteiger partial charge in [-0.05, 0) is 24.3 Å². The second-order valence-corrected chi connectivity index (χ2v) is 3.51. The molecule has 1 heterocycles. The first-order valence-corrected chi connectivity index (χ1v) is 5.09. The Bertz CT molecular complexity index is 631. The van der Waals surface area contributed by atoms with Crippen LogP contribution in [0.1, 0.15) is 10.5 Å². The molecule has 0 aliphatic rings. The van der Waals surface area contributed by atoms with Gasteiger partial charge in [-0.15, -0.1) is 0 Å². The number of hydrogen-bond donors (Lipinski definition) is 2. The van der Waals surface area contributed by atoms with Crippen LogP contribution in [0.3, 0.4) is 0 Å². The molecule has 0 amide bonds. The summed E-state index contributed by atoms with van der Waals surface area (Å²) in [6, 6.07) is 6.02. The van der Waals surface area contributed by atoms with Crippen molar-refractivity contribution in [1.29, 1.82) is 0 Å². The molecule has 18 heavy (non-hydrogen) atoms. The molecule has 0 bridgehead atoms. The normalized spacial score (nSPS) is 10.1. The van der Waals surface area contributed by atoms with Gasteiger partial charge in [-0.2, -0.15) is 0 Å². The third-order valence-electron chi connectivity index (χ3n) is 2.33. The van der Waals surface area contributed by atoms with Gasteiger partial charge in [0.2, 0.25) is 0 Å². The molecular weight excluding hydrogens is 236 g/mol. The van der Waals surface area contributed by atoms with Crippen molar-refractivity contribution in [2.24, 2.45) is 0 Å². The number of phenolic OH excluding ortho intramolecular Hbond substituents is 1. The van der Waals surface area contributed by atoms with Gasteiger partial charge in [0.15, 0.2) is 0 Å². The van der Waals surface area contributed by atoms with E-state index in [0.717, 1.165) is 0 Å². The Hall–Kier alpha value is -2.63. The van der Waals surface area contributed by atoms with E-state index in [-0.39, 0.29) is 17.1 Å². The maximum Gasteiger partial charge on any atom is 0.356 e. The van der Waals surface area contributed by atoms with Crippen LogP contribution in [0.2, 0.25) is 0 Å². The Morgan fingerprint density at radius 3 is 2.56 bits per heavy atom. The lowest BCUT2D eigenvalue weighted by Crippen LogP contribution is -2.17. The standard InChI is InChI=1S/C12H10N2O4/c1-18-12(17)9-6-13-10(11(16)14-9)7-2-4-8(15)5-3-7/h2-6,15H,1H3,(H,14,16). The number of aromatic amines is 1. The van der Waals surface area contributed by atoms with Gasteiger partial charge < -0.3 is 14.8 Å². The van der Waals surface area contributed by atoms with Crippen molar-refractivity contribution in [1.82, 2.24) is 9.97 Å². The number of phenols is 1. The zero-order chi connectivity index (χ0) is 13.1. The zero-order valence-electron chi connectivity index (χ0n) is 9.51. The van der Waals surface area contributed by atoms with Crippen molar-refractivity contribution in [3.63, 3.8) is 0 Å². The SMILES string of the molecule is COC(=O)c1cnc(-c2ccc(O)cc2)c(=O)[nH]1. The van der Waals surface area contributed by atoms with E-state index in [0.29, 0.717) is 5.56 Å². The number of methoxy groups -OCH3 is 1. The van der Waals surface area contributed by atoms with Crippen LogP contribution < -0.4 is 5.56 Å². The number of aromatic hydroxyl groups is 1. The smallest absolute Gasteiger partial charge is 0.356 e. The molecule has 2 N–H and O–H groups in total. The Morgan fingerprint density at radius 2 is 2.00 bits per heavy atom. The third kappa shape index (κ3) is 2.22. The van der Waals surface area contributed by atoms with Crippen molar-refractivity contribution >= 4 is 5.97 Å². The molecule has 0 radical (unpaired) electrons. The number of ether oxygens (including phenoxy) is 1. The number of benzene rings is 1. The second-order valence-electron chi connectivity index (χ2n) is 3.51. The lowest BCUT2D eigenvalue weighted by molar-refractivity contribution is 0.0593. The first-order chi connectivity index (χ1) is 8.61. The maximum absolute atomic E-state index is 11.8. The number of nitrogens with one attached hydrogen (secondary N) is 1. The number of nitrogens with zero attached hydrogens (tertiary/aromatic N) is 1. The summed E-state index contributed by atoms with van der Waals surface area (Å²) in [4.78, 5) is 29.3. The van der Waals surface area contributed by atoms with Crippen LogP contribution >= 0.6 is 0 Å². The molecular formula is C12H10N2O4. The number of esters is 1. The minimum absolute atomic E-state index is 0.00923. The third-order valence-corrected chi connectivity index (χ3v) is 2.33. The minimum atomic E-state index is -0.656. The lowest BCUT2D eigenvalue weighted by atomic mass is 10.1. The maximum atomic E-state index is 11.8. The fourth-order valence-electron chi connectivity index (χ4n) is 1.44. The van der Waals surface area contributed by atoms with Gasteiger partial charge in [-0.1, -0.05) is 0 Å². The van der Waals surface area contributed by atoms with Crippen LogP contribution in [-0.2, 0) is 4.74 Å². The summed E-state index contributed by atoms with van der Waals surface area (Å²) in [5.74, 6) is -0.557. The molecule has 1 aromatic heterocycles. The number of carbonyl (C=O) groups excluding carboxylic acids is 1. The first kappa shape index (κ1) is 11.8. The molecule has 0 aliphatic heterocycles. The van der Waals surface area contributed by atoms with Crippen LogP contribution in [0.5, 0.6) is 5.75 Å². The first-order valence-electron chi connectivity index (χ1n) is 5.09. The van der Waals surface area contributed by atoms with Gasteiger partial charge >= 0.3 is 5.97 Å². The highest BCUT2D eigenvalue weighted by Gasteiger charge is 2.10. The van der Waals surface area contributed by atoms with E-state index < -0.39 is 11.5 Å². The quantitative estimate of drug-likeness (QED) is 0.769. The van der Waals surface area contributed by atoms with Gasteiger partial charge in [0, 0.05) is 5.56 Å². The van der Waals surface area contributed by atoms with Crippen LogP contribution in [0.4, 0.5) is 0 Å². The van der Waals surface area contributed by atoms with E-state index in [4.69, 9.17) is 5.11 Å². The number of carbonyl (C=O) groups is 1. The van der Waals surface area contributed by atoms with Crippen molar-refractivity contribution in [2.75, 3.05) is 7.11 Å². The molecule has 0 atom stereocenters. The molecule has 0 saturated heterocycles. The van der Waals surface area contributed by atoms with Crippen molar-refractivity contribution < 1.29 is 14.6 Å². The number of H-pyrrole nitrogens is 1. The van der Waals surface area contributed by atoms with E-state index in [1.165, 1.54) is 25.4 Å². The Balaban J connectivity index is 2.45. The van der Waals surface area contributed by atoms with Crippen LogP contribution in [0, 0.1) is 0 Å². The Labute approximate surface area is 102 Å². The van der Waals surface area contributed by atoms with Gasteiger partial charge in [-0.3, -0.25) is 4.79 Å². The molecule has 0 spiro atoms. The fourth-order valence-corrected chi connectivity index (χ4v) is 1.44. The molecule has 6 nitrogen and oxygen atoms in total. The van der Waals surface area contributed by atoms with Crippen molar-refractivity contribution in [2.45, 2.75) is 0 Å².